The van der Waals surface area contributed by atoms with Gasteiger partial charge in [0.1, 0.15) is 5.60 Å². The Morgan fingerprint density at radius 2 is 0.974 bits per heavy atom. The van der Waals surface area contributed by atoms with E-state index in [-0.39, 0.29) is 13.0 Å². The molecule has 0 saturated carbocycles. The zero-order chi connectivity index (χ0) is 28.3. The summed E-state index contributed by atoms with van der Waals surface area (Å²) in [5, 5.41) is 2.62. The van der Waals surface area contributed by atoms with Crippen LogP contribution in [0.4, 0.5) is 0 Å². The molecule has 0 saturated heterocycles. The number of esters is 1. The van der Waals surface area contributed by atoms with E-state index in [4.69, 9.17) is 48.4 Å². The minimum atomic E-state index is -0.958. The first-order valence-electron chi connectivity index (χ1n) is 13.0. The predicted octanol–water partition coefficient (Wildman–Crippen LogP) is -0.0757. The summed E-state index contributed by atoms with van der Waals surface area (Å²) >= 11 is 0. The maximum absolute atomic E-state index is 11.9. The van der Waals surface area contributed by atoms with Gasteiger partial charge in [0.15, 0.2) is 0 Å². The lowest BCUT2D eigenvalue weighted by atomic mass is 10.1. The second kappa shape index (κ2) is 25.8. The summed E-state index contributed by atoms with van der Waals surface area (Å²) in [6.07, 6.45) is -0.177. The number of ether oxygens (including phenoxy) is 9. The molecule has 3 N–H and O–H groups in total. The van der Waals surface area contributed by atoms with Crippen molar-refractivity contribution in [1.82, 2.24) is 5.32 Å². The van der Waals surface area contributed by atoms with Gasteiger partial charge in [0.2, 0.25) is 5.91 Å². The Hall–Kier alpha value is -1.42. The molecule has 1 atom stereocenters. The number of hydrogen-bond acceptors (Lipinski definition) is 12. The van der Waals surface area contributed by atoms with Crippen LogP contribution in [-0.2, 0) is 52.2 Å². The molecule has 0 aliphatic carbocycles. The minimum absolute atomic E-state index is 0.177. The number of nitrogens with one attached hydrogen (secondary N) is 1. The molecule has 0 radical (unpaired) electrons. The van der Waals surface area contributed by atoms with Gasteiger partial charge in [-0.25, -0.2) is 0 Å². The maximum Gasteiger partial charge on any atom is 0.308 e. The van der Waals surface area contributed by atoms with Gasteiger partial charge < -0.3 is 53.7 Å². The molecule has 13 heteroatoms. The summed E-state index contributed by atoms with van der Waals surface area (Å²) in [5.41, 5.74) is 5.11. The van der Waals surface area contributed by atoms with Gasteiger partial charge >= 0.3 is 5.97 Å². The largest absolute Gasteiger partial charge is 0.460 e. The first-order valence-corrected chi connectivity index (χ1v) is 13.0. The van der Waals surface area contributed by atoms with Crippen LogP contribution < -0.4 is 11.1 Å². The fraction of sp³-hybridized carbons (Fsp3) is 0.920. The van der Waals surface area contributed by atoms with Gasteiger partial charge in [0.25, 0.3) is 0 Å². The average Bonchev–Trinajstić information content (AvgIpc) is 2.85. The molecule has 0 aromatic heterocycles. The van der Waals surface area contributed by atoms with Crippen LogP contribution in [0.5, 0.6) is 0 Å². The molecule has 226 valence electrons. The minimum Gasteiger partial charge on any atom is -0.460 e. The van der Waals surface area contributed by atoms with Crippen molar-refractivity contribution in [2.24, 2.45) is 5.73 Å². The monoisotopic (exact) mass is 554 g/mol. The Bertz CT molecular complexity index is 562. The summed E-state index contributed by atoms with van der Waals surface area (Å²) in [6, 6.07) is -0.958. The molecule has 0 spiro atoms. The van der Waals surface area contributed by atoms with Crippen LogP contribution in [0.25, 0.3) is 0 Å². The third-order valence-electron chi connectivity index (χ3n) is 4.35. The van der Waals surface area contributed by atoms with Gasteiger partial charge in [0, 0.05) is 13.7 Å². The van der Waals surface area contributed by atoms with Gasteiger partial charge in [-0.15, -0.1) is 0 Å². The molecule has 0 unspecified atom stereocenters. The zero-order valence-electron chi connectivity index (χ0n) is 23.7. The molecule has 0 aliphatic heterocycles. The predicted molar refractivity (Wildman–Crippen MR) is 139 cm³/mol. The van der Waals surface area contributed by atoms with E-state index in [9.17, 15) is 9.59 Å². The molecular weight excluding hydrogens is 504 g/mol. The van der Waals surface area contributed by atoms with E-state index >= 15 is 0 Å². The van der Waals surface area contributed by atoms with Crippen molar-refractivity contribution < 1.29 is 52.2 Å². The SMILES string of the molecule is COCCOCCOCCOCCOCCOCCOCCOCCNC(=O)[C@@H](N)CC(=O)OC(C)(C)C. The van der Waals surface area contributed by atoms with Crippen LogP contribution in [0.2, 0.25) is 0 Å². The third kappa shape index (κ3) is 27.6. The Morgan fingerprint density at radius 1 is 0.632 bits per heavy atom. The first-order chi connectivity index (χ1) is 18.3. The van der Waals surface area contributed by atoms with Crippen LogP contribution in [0.1, 0.15) is 27.2 Å². The molecular formula is C25H50N2O11. The second-order valence-corrected chi connectivity index (χ2v) is 8.97. The first kappa shape index (κ1) is 36.6. The van der Waals surface area contributed by atoms with E-state index in [1.807, 2.05) is 0 Å². The number of amides is 1. The maximum atomic E-state index is 11.9. The molecule has 0 fully saturated rings. The molecule has 13 nitrogen and oxygen atoms in total. The quantitative estimate of drug-likeness (QED) is 0.103. The average molecular weight is 555 g/mol. The van der Waals surface area contributed by atoms with Crippen LogP contribution >= 0.6 is 0 Å². The van der Waals surface area contributed by atoms with Crippen molar-refractivity contribution in [3.63, 3.8) is 0 Å². The van der Waals surface area contributed by atoms with E-state index in [0.717, 1.165) is 0 Å². The van der Waals surface area contributed by atoms with E-state index < -0.39 is 23.5 Å². The highest BCUT2D eigenvalue weighted by Crippen LogP contribution is 2.08. The van der Waals surface area contributed by atoms with Crippen LogP contribution in [0.3, 0.4) is 0 Å². The van der Waals surface area contributed by atoms with Crippen LogP contribution in [0.15, 0.2) is 0 Å². The zero-order valence-corrected chi connectivity index (χ0v) is 23.7. The topological polar surface area (TPSA) is 155 Å². The smallest absolute Gasteiger partial charge is 0.308 e. The molecule has 38 heavy (non-hydrogen) atoms. The molecule has 0 aromatic rings. The van der Waals surface area contributed by atoms with Crippen molar-refractivity contribution in [3.8, 4) is 0 Å². The van der Waals surface area contributed by atoms with E-state index in [0.29, 0.717) is 99.1 Å². The number of rotatable bonds is 27. The lowest BCUT2D eigenvalue weighted by Gasteiger charge is -2.20. The Balaban J connectivity index is 3.28. The summed E-state index contributed by atoms with van der Waals surface area (Å²) in [4.78, 5) is 23.6. The van der Waals surface area contributed by atoms with Crippen molar-refractivity contribution in [2.75, 3.05) is 113 Å². The molecule has 0 bridgehead atoms. The molecule has 0 heterocycles. The number of methoxy groups -OCH3 is 1. The van der Waals surface area contributed by atoms with Crippen molar-refractivity contribution >= 4 is 11.9 Å². The normalized spacial score (nSPS) is 12.4. The lowest BCUT2D eigenvalue weighted by Crippen LogP contribution is -2.43. The third-order valence-corrected chi connectivity index (χ3v) is 4.35. The van der Waals surface area contributed by atoms with Crippen molar-refractivity contribution in [1.29, 1.82) is 0 Å². The van der Waals surface area contributed by atoms with E-state index in [2.05, 4.69) is 5.32 Å². The Morgan fingerprint density at radius 3 is 1.32 bits per heavy atom. The number of hydrogen-bond donors (Lipinski definition) is 2. The second-order valence-electron chi connectivity index (χ2n) is 8.97. The number of nitrogens with two attached hydrogens (primary N) is 1. The molecule has 0 aromatic carbocycles. The number of carbonyl (C=O) groups excluding carboxylic acids is 2. The Kier molecular flexibility index (Phi) is 24.9. The molecule has 1 amide bonds. The van der Waals surface area contributed by atoms with Crippen LogP contribution in [-0.4, -0.2) is 136 Å². The van der Waals surface area contributed by atoms with Gasteiger partial charge in [-0.05, 0) is 20.8 Å². The van der Waals surface area contributed by atoms with Gasteiger partial charge in [-0.2, -0.15) is 0 Å². The highest BCUT2D eigenvalue weighted by molar-refractivity contribution is 5.86. The van der Waals surface area contributed by atoms with Gasteiger partial charge in [-0.3, -0.25) is 9.59 Å². The summed E-state index contributed by atoms with van der Waals surface area (Å²) < 4.78 is 47.7. The summed E-state index contributed by atoms with van der Waals surface area (Å²) in [6.45, 7) is 12.8. The molecule has 0 aliphatic rings. The van der Waals surface area contributed by atoms with E-state index in [1.54, 1.807) is 27.9 Å². The molecule has 0 rings (SSSR count). The highest BCUT2D eigenvalue weighted by atomic mass is 16.6. The van der Waals surface area contributed by atoms with Crippen LogP contribution in [0, 0.1) is 0 Å². The van der Waals surface area contributed by atoms with Gasteiger partial charge in [0.05, 0.1) is 112 Å². The van der Waals surface area contributed by atoms with E-state index in [1.165, 1.54) is 0 Å². The highest BCUT2D eigenvalue weighted by Gasteiger charge is 2.22. The summed E-state index contributed by atoms with van der Waals surface area (Å²) in [7, 11) is 1.64. The van der Waals surface area contributed by atoms with Crippen molar-refractivity contribution in [3.05, 3.63) is 0 Å². The van der Waals surface area contributed by atoms with Crippen molar-refractivity contribution in [2.45, 2.75) is 38.8 Å². The summed E-state index contributed by atoms with van der Waals surface area (Å²) in [5.74, 6) is -0.935. The fourth-order valence-corrected chi connectivity index (χ4v) is 2.60. The van der Waals surface area contributed by atoms with Gasteiger partial charge in [-0.1, -0.05) is 0 Å². The number of carbonyl (C=O) groups is 2. The Labute approximate surface area is 227 Å². The lowest BCUT2D eigenvalue weighted by molar-refractivity contribution is -0.156. The fourth-order valence-electron chi connectivity index (χ4n) is 2.60. The standard InChI is InChI=1S/C25H50N2O11/c1-25(2,3)38-23(28)21-22(26)24(29)27-5-6-31-9-10-33-13-14-35-17-18-37-20-19-36-16-15-34-12-11-32-8-7-30-4/h22H,5-21,26H2,1-4H3,(H,27,29)/t22-/m0/s1.